The molecule has 0 radical (unpaired) electrons. The first kappa shape index (κ1) is 12.9. The molecule has 92 valence electrons. The topological polar surface area (TPSA) is 66.4 Å². The number of carboxylic acid groups (broad SMARTS) is 1. The Bertz CT molecular complexity index is 271. The van der Waals surface area contributed by atoms with Gasteiger partial charge in [-0.3, -0.25) is 9.59 Å². The molecule has 6 heteroatoms. The number of rotatable bonds is 3. The summed E-state index contributed by atoms with van der Waals surface area (Å²) in [5.74, 6) is -3.15. The Morgan fingerprint density at radius 2 is 1.81 bits per heavy atom. The van der Waals surface area contributed by atoms with Gasteiger partial charge in [0.1, 0.15) is 0 Å². The average molecular weight is 235 g/mol. The lowest BCUT2D eigenvalue weighted by atomic mass is 9.95. The Morgan fingerprint density at radius 1 is 1.19 bits per heavy atom. The van der Waals surface area contributed by atoms with Crippen molar-refractivity contribution >= 4 is 11.9 Å². The van der Waals surface area contributed by atoms with E-state index in [1.54, 1.807) is 0 Å². The number of hydrogen-bond donors (Lipinski definition) is 2. The lowest BCUT2D eigenvalue weighted by molar-refractivity contribution is -0.144. The van der Waals surface area contributed by atoms with Crippen molar-refractivity contribution in [2.45, 2.75) is 44.6 Å². The normalized spacial score (nSPS) is 26.2. The van der Waals surface area contributed by atoms with E-state index in [-0.39, 0.29) is 0 Å². The first-order valence-electron chi connectivity index (χ1n) is 5.33. The third-order valence-corrected chi connectivity index (χ3v) is 2.86. The maximum Gasteiger partial charge on any atom is 0.315 e. The van der Waals surface area contributed by atoms with Gasteiger partial charge in [-0.15, -0.1) is 0 Å². The van der Waals surface area contributed by atoms with Crippen LogP contribution in [0, 0.1) is 5.92 Å². The van der Waals surface area contributed by atoms with E-state index in [0.29, 0.717) is 12.8 Å². The molecule has 0 aliphatic heterocycles. The fourth-order valence-electron chi connectivity index (χ4n) is 2.02. The molecule has 1 aliphatic rings. The summed E-state index contributed by atoms with van der Waals surface area (Å²) < 4.78 is 24.1. The van der Waals surface area contributed by atoms with Crippen molar-refractivity contribution in [3.63, 3.8) is 0 Å². The molecule has 1 saturated carbocycles. The van der Waals surface area contributed by atoms with Crippen molar-refractivity contribution in [1.29, 1.82) is 0 Å². The predicted molar refractivity (Wildman–Crippen MR) is 52.1 cm³/mol. The van der Waals surface area contributed by atoms with Gasteiger partial charge in [0.15, 0.2) is 0 Å². The maximum atomic E-state index is 12.1. The smallest absolute Gasteiger partial charge is 0.315 e. The van der Waals surface area contributed by atoms with Crippen LogP contribution in [0.15, 0.2) is 0 Å². The molecule has 4 nitrogen and oxygen atoms in total. The number of carboxylic acids is 1. The number of nitrogens with one attached hydrogen (secondary N) is 1. The SMILES string of the molecule is O=C(NC1CCCCCC1C(=O)O)C(F)F. The molecule has 16 heavy (non-hydrogen) atoms. The van der Waals surface area contributed by atoms with Gasteiger partial charge < -0.3 is 10.4 Å². The zero-order chi connectivity index (χ0) is 12.1. The fourth-order valence-corrected chi connectivity index (χ4v) is 2.02. The second kappa shape index (κ2) is 5.77. The highest BCUT2D eigenvalue weighted by atomic mass is 19.3. The van der Waals surface area contributed by atoms with Crippen molar-refractivity contribution in [2.24, 2.45) is 5.92 Å². The van der Waals surface area contributed by atoms with E-state index in [9.17, 15) is 18.4 Å². The molecule has 0 aromatic carbocycles. The van der Waals surface area contributed by atoms with Gasteiger partial charge >= 0.3 is 12.4 Å². The van der Waals surface area contributed by atoms with Crippen LogP contribution in [0.4, 0.5) is 8.78 Å². The molecule has 1 rings (SSSR count). The second-order valence-electron chi connectivity index (χ2n) is 4.00. The number of alkyl halides is 2. The monoisotopic (exact) mass is 235 g/mol. The van der Waals surface area contributed by atoms with Gasteiger partial charge in [0.05, 0.1) is 5.92 Å². The minimum Gasteiger partial charge on any atom is -0.481 e. The van der Waals surface area contributed by atoms with Crippen LogP contribution in [0.1, 0.15) is 32.1 Å². The highest BCUT2D eigenvalue weighted by molar-refractivity contribution is 5.80. The predicted octanol–water partition coefficient (Wildman–Crippen LogP) is 1.40. The summed E-state index contributed by atoms with van der Waals surface area (Å²) in [4.78, 5) is 21.8. The van der Waals surface area contributed by atoms with Crippen molar-refractivity contribution in [3.05, 3.63) is 0 Å². The molecular formula is C10H15F2NO3. The van der Waals surface area contributed by atoms with E-state index in [1.807, 2.05) is 0 Å². The van der Waals surface area contributed by atoms with Gasteiger partial charge in [0.25, 0.3) is 5.91 Å². The molecule has 1 aliphatic carbocycles. The van der Waals surface area contributed by atoms with E-state index >= 15 is 0 Å². The van der Waals surface area contributed by atoms with Gasteiger partial charge in [-0.2, -0.15) is 8.78 Å². The molecule has 0 saturated heterocycles. The number of hydrogen-bond acceptors (Lipinski definition) is 2. The summed E-state index contributed by atoms with van der Waals surface area (Å²) in [6, 6.07) is -0.665. The van der Waals surface area contributed by atoms with Crippen molar-refractivity contribution in [2.75, 3.05) is 0 Å². The molecule has 1 amide bonds. The van der Waals surface area contributed by atoms with Crippen LogP contribution in [0.25, 0.3) is 0 Å². The van der Waals surface area contributed by atoms with Crippen molar-refractivity contribution in [1.82, 2.24) is 5.32 Å². The van der Waals surface area contributed by atoms with Crippen LogP contribution >= 0.6 is 0 Å². The van der Waals surface area contributed by atoms with Crippen LogP contribution in [0.2, 0.25) is 0 Å². The van der Waals surface area contributed by atoms with Gasteiger partial charge in [0.2, 0.25) is 0 Å². The maximum absolute atomic E-state index is 12.1. The summed E-state index contributed by atoms with van der Waals surface area (Å²) in [5.41, 5.74) is 0. The van der Waals surface area contributed by atoms with E-state index in [2.05, 4.69) is 5.32 Å². The van der Waals surface area contributed by atoms with Crippen LogP contribution in [0.5, 0.6) is 0 Å². The molecule has 0 heterocycles. The van der Waals surface area contributed by atoms with Gasteiger partial charge in [-0.25, -0.2) is 0 Å². The first-order valence-corrected chi connectivity index (χ1v) is 5.33. The standard InChI is InChI=1S/C10H15F2NO3/c11-8(12)9(14)13-7-5-3-1-2-4-6(7)10(15)16/h6-8H,1-5H2,(H,13,14)(H,15,16). The molecule has 0 spiro atoms. The number of halogens is 2. The molecule has 1 fully saturated rings. The average Bonchev–Trinajstić information content (AvgIpc) is 2.42. The summed E-state index contributed by atoms with van der Waals surface area (Å²) >= 11 is 0. The minimum atomic E-state index is -3.09. The molecule has 0 bridgehead atoms. The quantitative estimate of drug-likeness (QED) is 0.727. The van der Waals surface area contributed by atoms with Gasteiger partial charge in [0, 0.05) is 6.04 Å². The summed E-state index contributed by atoms with van der Waals surface area (Å²) in [5, 5.41) is 11.1. The van der Waals surface area contributed by atoms with Crippen molar-refractivity contribution in [3.8, 4) is 0 Å². The molecule has 0 aromatic heterocycles. The Morgan fingerprint density at radius 3 is 2.38 bits per heavy atom. The third-order valence-electron chi connectivity index (χ3n) is 2.86. The minimum absolute atomic E-state index is 0.434. The highest BCUT2D eigenvalue weighted by Gasteiger charge is 2.32. The molecule has 0 aromatic rings. The zero-order valence-electron chi connectivity index (χ0n) is 8.79. The third kappa shape index (κ3) is 3.43. The van der Waals surface area contributed by atoms with E-state index in [4.69, 9.17) is 5.11 Å². The van der Waals surface area contributed by atoms with Crippen LogP contribution in [-0.4, -0.2) is 29.5 Å². The van der Waals surface area contributed by atoms with Gasteiger partial charge in [-0.1, -0.05) is 19.3 Å². The Kier molecular flexibility index (Phi) is 4.64. The number of aliphatic carboxylic acids is 1. The number of amides is 1. The van der Waals surface area contributed by atoms with E-state index in [0.717, 1.165) is 19.3 Å². The molecule has 2 unspecified atom stereocenters. The van der Waals surface area contributed by atoms with Crippen LogP contribution in [-0.2, 0) is 9.59 Å². The zero-order valence-corrected chi connectivity index (χ0v) is 8.79. The Labute approximate surface area is 92.0 Å². The Hall–Kier alpha value is -1.20. The van der Waals surface area contributed by atoms with Crippen LogP contribution in [0.3, 0.4) is 0 Å². The molecular weight excluding hydrogens is 220 g/mol. The Balaban J connectivity index is 2.64. The fraction of sp³-hybridized carbons (Fsp3) is 0.800. The lowest BCUT2D eigenvalue weighted by Crippen LogP contribution is -2.45. The summed E-state index contributed by atoms with van der Waals surface area (Å²) in [7, 11) is 0. The summed E-state index contributed by atoms with van der Waals surface area (Å²) in [6.45, 7) is 0. The first-order chi connectivity index (χ1) is 7.52. The lowest BCUT2D eigenvalue weighted by Gasteiger charge is -2.22. The molecule has 2 atom stereocenters. The summed E-state index contributed by atoms with van der Waals surface area (Å²) in [6.07, 6.45) is 0.206. The molecule has 2 N–H and O–H groups in total. The largest absolute Gasteiger partial charge is 0.481 e. The highest BCUT2D eigenvalue weighted by Crippen LogP contribution is 2.24. The second-order valence-corrected chi connectivity index (χ2v) is 4.00. The van der Waals surface area contributed by atoms with Gasteiger partial charge in [-0.05, 0) is 12.8 Å². The van der Waals surface area contributed by atoms with E-state index < -0.39 is 30.3 Å². The van der Waals surface area contributed by atoms with Crippen LogP contribution < -0.4 is 5.32 Å². The number of carbonyl (C=O) groups excluding carboxylic acids is 1. The number of carbonyl (C=O) groups is 2. The van der Waals surface area contributed by atoms with E-state index in [1.165, 1.54) is 0 Å². The van der Waals surface area contributed by atoms with Crippen molar-refractivity contribution < 1.29 is 23.5 Å².